The summed E-state index contributed by atoms with van der Waals surface area (Å²) in [7, 11) is 2.10. The third-order valence-corrected chi connectivity index (χ3v) is 5.98. The number of nitrogens with one attached hydrogen (secondary N) is 1. The molecule has 2 aromatic rings. The number of ether oxygens (including phenoxy) is 1. The van der Waals surface area contributed by atoms with Crippen LogP contribution >= 0.6 is 11.3 Å². The third-order valence-electron chi connectivity index (χ3n) is 5.04. The first kappa shape index (κ1) is 16.7. The molecule has 1 N–H and O–H groups in total. The summed E-state index contributed by atoms with van der Waals surface area (Å²) in [5.41, 5.74) is 3.51. The van der Waals surface area contributed by atoms with Gasteiger partial charge >= 0.3 is 0 Å². The molecular weight excluding hydrogens is 334 g/mol. The average Bonchev–Trinajstić information content (AvgIpc) is 3.04. The summed E-state index contributed by atoms with van der Waals surface area (Å²) in [6.45, 7) is 3.44. The summed E-state index contributed by atoms with van der Waals surface area (Å²) in [5.74, 6) is 0.214. The first-order valence-corrected chi connectivity index (χ1v) is 9.68. The van der Waals surface area contributed by atoms with Crippen LogP contribution in [-0.4, -0.2) is 49.1 Å². The highest BCUT2D eigenvalue weighted by atomic mass is 32.1. The van der Waals surface area contributed by atoms with Crippen LogP contribution in [0.2, 0.25) is 0 Å². The molecule has 1 fully saturated rings. The van der Waals surface area contributed by atoms with E-state index in [0.717, 1.165) is 49.2 Å². The molecule has 5 nitrogen and oxygen atoms in total. The highest BCUT2D eigenvalue weighted by Gasteiger charge is 2.24. The third kappa shape index (κ3) is 3.76. The molecule has 0 aliphatic carbocycles. The number of hydrogen-bond donors (Lipinski definition) is 1. The SMILES string of the molecule is CN1CCC(C(=O)Nc2nc3ccc(C4=CCOCC4)cc3s2)CC1. The smallest absolute Gasteiger partial charge is 0.229 e. The molecular formula is C19H23N3O2S. The molecule has 2 aliphatic heterocycles. The van der Waals surface area contributed by atoms with E-state index in [9.17, 15) is 4.79 Å². The number of carbonyl (C=O) groups excluding carboxylic acids is 1. The molecule has 25 heavy (non-hydrogen) atoms. The van der Waals surface area contributed by atoms with Crippen molar-refractivity contribution in [3.05, 3.63) is 29.8 Å². The number of anilines is 1. The first-order valence-electron chi connectivity index (χ1n) is 8.86. The van der Waals surface area contributed by atoms with Crippen molar-refractivity contribution in [2.24, 2.45) is 5.92 Å². The lowest BCUT2D eigenvalue weighted by atomic mass is 9.96. The maximum absolute atomic E-state index is 12.5. The molecule has 1 amide bonds. The zero-order chi connectivity index (χ0) is 17.2. The Balaban J connectivity index is 1.49. The topological polar surface area (TPSA) is 54.5 Å². The van der Waals surface area contributed by atoms with Crippen LogP contribution in [0.4, 0.5) is 5.13 Å². The summed E-state index contributed by atoms with van der Waals surface area (Å²) in [4.78, 5) is 19.3. The number of fused-ring (bicyclic) bond motifs is 1. The monoisotopic (exact) mass is 357 g/mol. The molecule has 4 rings (SSSR count). The number of thiazole rings is 1. The maximum Gasteiger partial charge on any atom is 0.229 e. The van der Waals surface area contributed by atoms with E-state index < -0.39 is 0 Å². The Kier molecular flexibility index (Phi) is 4.83. The van der Waals surface area contributed by atoms with Crippen LogP contribution in [0.1, 0.15) is 24.8 Å². The Morgan fingerprint density at radius 3 is 2.96 bits per heavy atom. The molecule has 0 radical (unpaired) electrons. The molecule has 1 aromatic heterocycles. The highest BCUT2D eigenvalue weighted by molar-refractivity contribution is 7.22. The zero-order valence-electron chi connectivity index (χ0n) is 14.5. The van der Waals surface area contributed by atoms with E-state index in [0.29, 0.717) is 11.7 Å². The zero-order valence-corrected chi connectivity index (χ0v) is 15.3. The summed E-state index contributed by atoms with van der Waals surface area (Å²) in [6, 6.07) is 6.33. The molecule has 2 aliphatic rings. The van der Waals surface area contributed by atoms with Crippen LogP contribution in [0.15, 0.2) is 24.3 Å². The van der Waals surface area contributed by atoms with E-state index in [1.807, 2.05) is 6.07 Å². The molecule has 0 bridgehead atoms. The Bertz CT molecular complexity index is 806. The van der Waals surface area contributed by atoms with Crippen molar-refractivity contribution in [3.63, 3.8) is 0 Å². The predicted molar refractivity (Wildman–Crippen MR) is 102 cm³/mol. The fraction of sp³-hybridized carbons (Fsp3) is 0.474. The predicted octanol–water partition coefficient (Wildman–Crippen LogP) is 3.38. The Labute approximate surface area is 151 Å². The second-order valence-electron chi connectivity index (χ2n) is 6.82. The molecule has 0 atom stereocenters. The van der Waals surface area contributed by atoms with Crippen LogP contribution in [0.3, 0.4) is 0 Å². The van der Waals surface area contributed by atoms with Gasteiger partial charge in [-0.25, -0.2) is 4.98 Å². The number of hydrogen-bond acceptors (Lipinski definition) is 5. The van der Waals surface area contributed by atoms with Gasteiger partial charge < -0.3 is 15.0 Å². The fourth-order valence-corrected chi connectivity index (χ4v) is 4.35. The fourth-order valence-electron chi connectivity index (χ4n) is 3.45. The summed E-state index contributed by atoms with van der Waals surface area (Å²) in [5, 5.41) is 3.74. The molecule has 0 saturated carbocycles. The number of carbonyl (C=O) groups is 1. The van der Waals surface area contributed by atoms with Gasteiger partial charge in [0.2, 0.25) is 5.91 Å². The number of piperidine rings is 1. The molecule has 0 unspecified atom stereocenters. The Morgan fingerprint density at radius 2 is 2.20 bits per heavy atom. The minimum atomic E-state index is 0.103. The second kappa shape index (κ2) is 7.23. The number of benzene rings is 1. The van der Waals surface area contributed by atoms with Crippen LogP contribution in [0, 0.1) is 5.92 Å². The van der Waals surface area contributed by atoms with E-state index in [2.05, 4.69) is 40.5 Å². The van der Waals surface area contributed by atoms with Crippen molar-refractivity contribution in [3.8, 4) is 0 Å². The van der Waals surface area contributed by atoms with Gasteiger partial charge in [-0.1, -0.05) is 23.5 Å². The van der Waals surface area contributed by atoms with Gasteiger partial charge in [0.25, 0.3) is 0 Å². The van der Waals surface area contributed by atoms with E-state index in [1.54, 1.807) is 11.3 Å². The second-order valence-corrected chi connectivity index (χ2v) is 7.85. The van der Waals surface area contributed by atoms with E-state index in [-0.39, 0.29) is 11.8 Å². The van der Waals surface area contributed by atoms with Crippen molar-refractivity contribution < 1.29 is 9.53 Å². The highest BCUT2D eigenvalue weighted by Crippen LogP contribution is 2.31. The van der Waals surface area contributed by atoms with Crippen LogP contribution < -0.4 is 5.32 Å². The van der Waals surface area contributed by atoms with Crippen molar-refractivity contribution in [2.75, 3.05) is 38.7 Å². The number of aromatic nitrogens is 1. The van der Waals surface area contributed by atoms with Crippen molar-refractivity contribution in [2.45, 2.75) is 19.3 Å². The average molecular weight is 357 g/mol. The van der Waals surface area contributed by atoms with Crippen LogP contribution in [-0.2, 0) is 9.53 Å². The normalized spacial score (nSPS) is 19.8. The van der Waals surface area contributed by atoms with E-state index in [4.69, 9.17) is 4.74 Å². The van der Waals surface area contributed by atoms with Gasteiger partial charge in [-0.3, -0.25) is 4.79 Å². The van der Waals surface area contributed by atoms with Crippen molar-refractivity contribution >= 4 is 38.2 Å². The lowest BCUT2D eigenvalue weighted by molar-refractivity contribution is -0.121. The lowest BCUT2D eigenvalue weighted by Gasteiger charge is -2.27. The van der Waals surface area contributed by atoms with Crippen molar-refractivity contribution in [1.82, 2.24) is 9.88 Å². The molecule has 3 heterocycles. The molecule has 132 valence electrons. The van der Waals surface area contributed by atoms with Crippen LogP contribution in [0.5, 0.6) is 0 Å². The van der Waals surface area contributed by atoms with Gasteiger partial charge in [0.15, 0.2) is 5.13 Å². The largest absolute Gasteiger partial charge is 0.377 e. The van der Waals surface area contributed by atoms with Gasteiger partial charge in [-0.15, -0.1) is 0 Å². The number of rotatable bonds is 3. The number of likely N-dealkylation sites (tertiary alicyclic amines) is 1. The minimum absolute atomic E-state index is 0.103. The quantitative estimate of drug-likeness (QED) is 0.915. The lowest BCUT2D eigenvalue weighted by Crippen LogP contribution is -2.35. The van der Waals surface area contributed by atoms with E-state index in [1.165, 1.54) is 11.1 Å². The number of amides is 1. The van der Waals surface area contributed by atoms with E-state index >= 15 is 0 Å². The van der Waals surface area contributed by atoms with Gasteiger partial charge in [-0.2, -0.15) is 0 Å². The Hall–Kier alpha value is -1.76. The minimum Gasteiger partial charge on any atom is -0.377 e. The summed E-state index contributed by atoms with van der Waals surface area (Å²) in [6.07, 6.45) is 4.94. The molecule has 6 heteroatoms. The Morgan fingerprint density at radius 1 is 1.36 bits per heavy atom. The van der Waals surface area contributed by atoms with Gasteiger partial charge in [-0.05, 0) is 62.7 Å². The van der Waals surface area contributed by atoms with Crippen LogP contribution in [0.25, 0.3) is 15.8 Å². The van der Waals surface area contributed by atoms with Crippen molar-refractivity contribution in [1.29, 1.82) is 0 Å². The molecule has 1 aromatic carbocycles. The number of nitrogens with zero attached hydrogens (tertiary/aromatic N) is 2. The first-order chi connectivity index (χ1) is 12.2. The molecule has 1 saturated heterocycles. The maximum atomic E-state index is 12.5. The van der Waals surface area contributed by atoms with Gasteiger partial charge in [0.1, 0.15) is 0 Å². The molecule has 0 spiro atoms. The standard InChI is InChI=1S/C19H23N3O2S/c1-22-8-4-14(5-9-22)18(23)21-19-20-16-3-2-15(12-17(16)25-19)13-6-10-24-11-7-13/h2-3,6,12,14H,4-5,7-11H2,1H3,(H,20,21,23). The summed E-state index contributed by atoms with van der Waals surface area (Å²) >= 11 is 1.56. The van der Waals surface area contributed by atoms with Gasteiger partial charge in [0, 0.05) is 5.92 Å². The van der Waals surface area contributed by atoms with Gasteiger partial charge in [0.05, 0.1) is 23.4 Å². The summed E-state index contributed by atoms with van der Waals surface area (Å²) < 4.78 is 6.50.